The van der Waals surface area contributed by atoms with E-state index in [0.29, 0.717) is 29.8 Å². The smallest absolute Gasteiger partial charge is 0.210 e. The lowest BCUT2D eigenvalue weighted by atomic mass is 10.0. The molecule has 0 saturated carbocycles. The molecule has 0 spiro atoms. The minimum absolute atomic E-state index is 0.0301. The second-order valence-electron chi connectivity index (χ2n) is 8.17. The molecule has 0 aliphatic rings. The highest BCUT2D eigenvalue weighted by Gasteiger charge is 2.23. The normalized spacial score (nSPS) is 11.8. The maximum atomic E-state index is 13.3. The summed E-state index contributed by atoms with van der Waals surface area (Å²) in [5.41, 5.74) is 2.97. The molecule has 33 heavy (non-hydrogen) atoms. The molecule has 0 aliphatic heterocycles. The third-order valence-corrected chi connectivity index (χ3v) is 7.42. The first kappa shape index (κ1) is 22.7. The summed E-state index contributed by atoms with van der Waals surface area (Å²) in [7, 11) is -2.29. The number of H-pyrrole nitrogens is 1. The van der Waals surface area contributed by atoms with E-state index in [1.165, 1.54) is 13.3 Å². The lowest BCUT2D eigenvalue weighted by Crippen LogP contribution is -2.06. The Hall–Kier alpha value is -3.52. The van der Waals surface area contributed by atoms with Crippen LogP contribution < -0.4 is 4.74 Å². The number of aromatic nitrogens is 3. The first-order valence-corrected chi connectivity index (χ1v) is 12.1. The number of aryl methyl sites for hydroxylation is 1. The fourth-order valence-electron chi connectivity index (χ4n) is 3.62. The van der Waals surface area contributed by atoms with Gasteiger partial charge in [0.05, 0.1) is 18.2 Å². The molecule has 4 aromatic rings. The van der Waals surface area contributed by atoms with Crippen molar-refractivity contribution in [3.63, 3.8) is 0 Å². The van der Waals surface area contributed by atoms with E-state index < -0.39 is 9.84 Å². The molecule has 8 heteroatoms. The highest BCUT2D eigenvalue weighted by atomic mass is 32.2. The van der Waals surface area contributed by atoms with Crippen molar-refractivity contribution in [3.8, 4) is 5.75 Å². The monoisotopic (exact) mass is 463 g/mol. The second-order valence-corrected chi connectivity index (χ2v) is 10.1. The van der Waals surface area contributed by atoms with Gasteiger partial charge in [-0.3, -0.25) is 9.89 Å². The number of ketones is 1. The zero-order valence-electron chi connectivity index (χ0n) is 18.7. The Morgan fingerprint density at radius 3 is 2.52 bits per heavy atom. The number of rotatable bonds is 8. The van der Waals surface area contributed by atoms with Crippen LogP contribution in [-0.4, -0.2) is 36.5 Å². The van der Waals surface area contributed by atoms with Gasteiger partial charge in [0.1, 0.15) is 10.6 Å². The van der Waals surface area contributed by atoms with Gasteiger partial charge in [0.2, 0.25) is 9.84 Å². The van der Waals surface area contributed by atoms with Crippen molar-refractivity contribution in [1.29, 1.82) is 0 Å². The lowest BCUT2D eigenvalue weighted by Gasteiger charge is -2.13. The average Bonchev–Trinajstić information content (AvgIpc) is 3.30. The number of Topliss-reactive ketones (excluding diaryl/α,β-unsaturated/α-hetero) is 1. The third kappa shape index (κ3) is 4.66. The summed E-state index contributed by atoms with van der Waals surface area (Å²) in [6.45, 7) is 4.02. The van der Waals surface area contributed by atoms with E-state index in [1.807, 2.05) is 19.9 Å². The number of carbonyl (C=O) groups excluding carboxylic acids is 1. The van der Waals surface area contributed by atoms with Crippen LogP contribution in [0, 0.1) is 0 Å². The molecule has 2 heterocycles. The Labute approximate surface area is 192 Å². The zero-order valence-corrected chi connectivity index (χ0v) is 19.5. The number of aromatic amines is 1. The lowest BCUT2D eigenvalue weighted by molar-refractivity contribution is 0.0982. The van der Waals surface area contributed by atoms with Gasteiger partial charge in [-0.25, -0.2) is 13.4 Å². The Morgan fingerprint density at radius 2 is 1.82 bits per heavy atom. The van der Waals surface area contributed by atoms with Crippen LogP contribution >= 0.6 is 0 Å². The minimum atomic E-state index is -3.75. The number of ether oxygens (including phenoxy) is 1. The number of pyridine rings is 1. The molecule has 0 fully saturated rings. The van der Waals surface area contributed by atoms with E-state index >= 15 is 0 Å². The molecule has 4 rings (SSSR count). The standard InChI is InChI=1S/C25H25N3O4S/c1-16(2)18-7-11-23(32-3)24(13-18)33(30,31)21-8-4-17(5-9-21)6-10-22(29)19-12-20-15-27-28-25(20)26-14-19/h4-5,7-9,11-16H,6,10H2,1-3H3,(H,26,27,28). The van der Waals surface area contributed by atoms with E-state index in [9.17, 15) is 13.2 Å². The highest BCUT2D eigenvalue weighted by Crippen LogP contribution is 2.32. The number of carbonyl (C=O) groups is 1. The van der Waals surface area contributed by atoms with E-state index in [4.69, 9.17) is 4.74 Å². The Balaban J connectivity index is 1.50. The van der Waals surface area contributed by atoms with Crippen LogP contribution in [0.3, 0.4) is 0 Å². The van der Waals surface area contributed by atoms with Gasteiger partial charge in [-0.15, -0.1) is 0 Å². The molecule has 2 aromatic carbocycles. The minimum Gasteiger partial charge on any atom is -0.495 e. The molecule has 0 unspecified atom stereocenters. The summed E-state index contributed by atoms with van der Waals surface area (Å²) in [5.74, 6) is 0.476. The summed E-state index contributed by atoms with van der Waals surface area (Å²) in [6, 6.07) is 13.7. The summed E-state index contributed by atoms with van der Waals surface area (Å²) >= 11 is 0. The molecule has 2 aromatic heterocycles. The van der Waals surface area contributed by atoms with E-state index in [1.54, 1.807) is 48.7 Å². The fourth-order valence-corrected chi connectivity index (χ4v) is 5.07. The topological polar surface area (TPSA) is 102 Å². The number of sulfone groups is 1. The highest BCUT2D eigenvalue weighted by molar-refractivity contribution is 7.91. The molecule has 170 valence electrons. The number of hydrogen-bond acceptors (Lipinski definition) is 6. The Morgan fingerprint density at radius 1 is 1.06 bits per heavy atom. The quantitative estimate of drug-likeness (QED) is 0.379. The summed E-state index contributed by atoms with van der Waals surface area (Å²) in [6.07, 6.45) is 3.96. The van der Waals surface area contributed by atoms with Gasteiger partial charge < -0.3 is 4.74 Å². The van der Waals surface area contributed by atoms with Gasteiger partial charge in [-0.05, 0) is 53.8 Å². The molecule has 7 nitrogen and oxygen atoms in total. The molecule has 0 radical (unpaired) electrons. The van der Waals surface area contributed by atoms with Gasteiger partial charge in [-0.1, -0.05) is 32.0 Å². The second kappa shape index (κ2) is 9.15. The van der Waals surface area contributed by atoms with E-state index in [0.717, 1.165) is 16.5 Å². The van der Waals surface area contributed by atoms with Crippen molar-refractivity contribution in [1.82, 2.24) is 15.2 Å². The predicted molar refractivity (Wildman–Crippen MR) is 126 cm³/mol. The number of nitrogens with one attached hydrogen (secondary N) is 1. The summed E-state index contributed by atoms with van der Waals surface area (Å²) in [5, 5.41) is 7.46. The molecule has 0 bridgehead atoms. The van der Waals surface area contributed by atoms with E-state index in [-0.39, 0.29) is 21.5 Å². The molecule has 1 N–H and O–H groups in total. The van der Waals surface area contributed by atoms with Crippen LogP contribution in [0.4, 0.5) is 0 Å². The predicted octanol–water partition coefficient (Wildman–Crippen LogP) is 4.74. The number of hydrogen-bond donors (Lipinski definition) is 1. The molecular formula is C25H25N3O4S. The van der Waals surface area contributed by atoms with Crippen LogP contribution in [0.15, 0.2) is 70.7 Å². The number of fused-ring (bicyclic) bond motifs is 1. The number of nitrogens with zero attached hydrogens (tertiary/aromatic N) is 2. The van der Waals surface area contributed by atoms with Gasteiger partial charge in [0, 0.05) is 23.6 Å². The van der Waals surface area contributed by atoms with Gasteiger partial charge in [0.15, 0.2) is 11.4 Å². The van der Waals surface area contributed by atoms with Crippen LogP contribution in [0.2, 0.25) is 0 Å². The first-order chi connectivity index (χ1) is 15.8. The fraction of sp³-hybridized carbons (Fsp3) is 0.240. The van der Waals surface area contributed by atoms with Crippen molar-refractivity contribution in [2.75, 3.05) is 7.11 Å². The van der Waals surface area contributed by atoms with Crippen molar-refractivity contribution >= 4 is 26.7 Å². The average molecular weight is 464 g/mol. The maximum absolute atomic E-state index is 13.3. The van der Waals surface area contributed by atoms with Crippen LogP contribution in [0.5, 0.6) is 5.75 Å². The van der Waals surface area contributed by atoms with Crippen molar-refractivity contribution in [3.05, 3.63) is 77.6 Å². The molecule has 0 atom stereocenters. The Kier molecular flexibility index (Phi) is 6.29. The molecule has 0 amide bonds. The molecular weight excluding hydrogens is 438 g/mol. The van der Waals surface area contributed by atoms with Crippen molar-refractivity contribution < 1.29 is 17.9 Å². The zero-order chi connectivity index (χ0) is 23.6. The number of methoxy groups -OCH3 is 1. The third-order valence-electron chi connectivity index (χ3n) is 5.63. The summed E-state index contributed by atoms with van der Waals surface area (Å²) in [4.78, 5) is 17.1. The van der Waals surface area contributed by atoms with E-state index in [2.05, 4.69) is 15.2 Å². The first-order valence-electron chi connectivity index (χ1n) is 10.6. The SMILES string of the molecule is COc1ccc(C(C)C)cc1S(=O)(=O)c1ccc(CCC(=O)c2cnc3[nH]ncc3c2)cc1. The van der Waals surface area contributed by atoms with Crippen molar-refractivity contribution in [2.45, 2.75) is 42.4 Å². The molecule has 0 aliphatic carbocycles. The Bertz CT molecular complexity index is 1410. The van der Waals surface area contributed by atoms with Gasteiger partial charge >= 0.3 is 0 Å². The number of benzene rings is 2. The van der Waals surface area contributed by atoms with Gasteiger partial charge in [0.25, 0.3) is 0 Å². The van der Waals surface area contributed by atoms with Gasteiger partial charge in [-0.2, -0.15) is 5.10 Å². The van der Waals surface area contributed by atoms with Crippen LogP contribution in [0.25, 0.3) is 11.0 Å². The summed E-state index contributed by atoms with van der Waals surface area (Å²) < 4.78 is 31.9. The largest absolute Gasteiger partial charge is 0.495 e. The van der Waals surface area contributed by atoms with Crippen LogP contribution in [-0.2, 0) is 16.3 Å². The molecule has 0 saturated heterocycles. The van der Waals surface area contributed by atoms with Crippen molar-refractivity contribution in [2.24, 2.45) is 0 Å². The maximum Gasteiger partial charge on any atom is 0.210 e. The van der Waals surface area contributed by atoms with Crippen LogP contribution in [0.1, 0.15) is 47.7 Å².